The van der Waals surface area contributed by atoms with Crippen molar-refractivity contribution in [2.45, 2.75) is 19.5 Å². The van der Waals surface area contributed by atoms with Gasteiger partial charge in [0.1, 0.15) is 5.69 Å². The molecule has 8 nitrogen and oxygen atoms in total. The SMILES string of the molecule is O=[N+]([O-])c1ccccc1-n1cc(CN2CCc3c([nH]c4ccccc34)C2)nn1. The zero-order chi connectivity index (χ0) is 19.1. The molecular formula is C20H18N6O2. The van der Waals surface area contributed by atoms with Gasteiger partial charge in [0.05, 0.1) is 16.8 Å². The number of nitro benzene ring substituents is 1. The summed E-state index contributed by atoms with van der Waals surface area (Å²) in [7, 11) is 0. The fourth-order valence-electron chi connectivity index (χ4n) is 3.91. The maximum atomic E-state index is 11.2. The second kappa shape index (κ2) is 6.58. The molecule has 0 amide bonds. The van der Waals surface area contributed by atoms with Gasteiger partial charge >= 0.3 is 0 Å². The molecule has 1 aliphatic rings. The molecule has 5 rings (SSSR count). The van der Waals surface area contributed by atoms with Crippen molar-refractivity contribution in [3.8, 4) is 5.69 Å². The Hall–Kier alpha value is -3.52. The van der Waals surface area contributed by atoms with Crippen LogP contribution in [0.15, 0.2) is 54.7 Å². The maximum absolute atomic E-state index is 11.2. The van der Waals surface area contributed by atoms with Crippen molar-refractivity contribution in [1.82, 2.24) is 24.9 Å². The van der Waals surface area contributed by atoms with Crippen LogP contribution < -0.4 is 0 Å². The minimum Gasteiger partial charge on any atom is -0.357 e. The molecule has 0 radical (unpaired) electrons. The summed E-state index contributed by atoms with van der Waals surface area (Å²) in [5.74, 6) is 0. The van der Waals surface area contributed by atoms with E-state index in [-0.39, 0.29) is 5.69 Å². The number of nitrogens with zero attached hydrogens (tertiary/aromatic N) is 5. The summed E-state index contributed by atoms with van der Waals surface area (Å²) in [6.45, 7) is 2.41. The van der Waals surface area contributed by atoms with E-state index in [1.807, 2.05) is 6.07 Å². The Labute approximate surface area is 160 Å². The molecule has 8 heteroatoms. The van der Waals surface area contributed by atoms with Gasteiger partial charge in [-0.2, -0.15) is 0 Å². The summed E-state index contributed by atoms with van der Waals surface area (Å²) in [5.41, 5.74) is 5.05. The van der Waals surface area contributed by atoms with E-state index < -0.39 is 4.92 Å². The van der Waals surface area contributed by atoms with Gasteiger partial charge in [0, 0.05) is 42.3 Å². The lowest BCUT2D eigenvalue weighted by Gasteiger charge is -2.25. The smallest absolute Gasteiger partial charge is 0.294 e. The van der Waals surface area contributed by atoms with Crippen LogP contribution in [0.5, 0.6) is 0 Å². The predicted octanol–water partition coefficient (Wildman–Crippen LogP) is 3.22. The summed E-state index contributed by atoms with van der Waals surface area (Å²) < 4.78 is 1.48. The molecule has 2 aromatic heterocycles. The highest BCUT2D eigenvalue weighted by Crippen LogP contribution is 2.28. The normalized spacial score (nSPS) is 14.3. The molecule has 1 aliphatic heterocycles. The molecule has 0 saturated heterocycles. The van der Waals surface area contributed by atoms with Gasteiger partial charge in [0.2, 0.25) is 0 Å². The molecule has 4 aromatic rings. The van der Waals surface area contributed by atoms with Gasteiger partial charge in [-0.05, 0) is 24.1 Å². The maximum Gasteiger partial charge on any atom is 0.294 e. The lowest BCUT2D eigenvalue weighted by molar-refractivity contribution is -0.384. The molecule has 0 aliphatic carbocycles. The number of rotatable bonds is 4. The first kappa shape index (κ1) is 16.6. The molecule has 140 valence electrons. The third kappa shape index (κ3) is 2.84. The zero-order valence-electron chi connectivity index (χ0n) is 15.1. The lowest BCUT2D eigenvalue weighted by atomic mass is 10.0. The summed E-state index contributed by atoms with van der Waals surface area (Å²) in [5, 5.41) is 20.9. The van der Waals surface area contributed by atoms with E-state index in [2.05, 4.69) is 38.4 Å². The Morgan fingerprint density at radius 2 is 1.96 bits per heavy atom. The number of aromatic amines is 1. The van der Waals surface area contributed by atoms with Crippen LogP contribution in [0.1, 0.15) is 17.0 Å². The molecule has 0 atom stereocenters. The first-order valence-electron chi connectivity index (χ1n) is 9.15. The highest BCUT2D eigenvalue weighted by atomic mass is 16.6. The highest BCUT2D eigenvalue weighted by Gasteiger charge is 2.22. The zero-order valence-corrected chi connectivity index (χ0v) is 15.1. The number of nitro groups is 1. The highest BCUT2D eigenvalue weighted by molar-refractivity contribution is 5.84. The Bertz CT molecular complexity index is 1180. The van der Waals surface area contributed by atoms with Gasteiger partial charge in [0.25, 0.3) is 5.69 Å². The van der Waals surface area contributed by atoms with Crippen molar-refractivity contribution in [2.75, 3.05) is 6.54 Å². The molecule has 0 fully saturated rings. The number of hydrogen-bond donors (Lipinski definition) is 1. The van der Waals surface area contributed by atoms with Gasteiger partial charge in [-0.25, -0.2) is 4.68 Å². The average molecular weight is 374 g/mol. The molecule has 0 saturated carbocycles. The molecule has 28 heavy (non-hydrogen) atoms. The number of hydrogen-bond acceptors (Lipinski definition) is 5. The number of benzene rings is 2. The van der Waals surface area contributed by atoms with Crippen LogP contribution in [0.4, 0.5) is 5.69 Å². The van der Waals surface area contributed by atoms with Crippen LogP contribution in [-0.2, 0) is 19.5 Å². The van der Waals surface area contributed by atoms with Gasteiger partial charge in [-0.1, -0.05) is 35.5 Å². The quantitative estimate of drug-likeness (QED) is 0.437. The fourth-order valence-corrected chi connectivity index (χ4v) is 3.91. The van der Waals surface area contributed by atoms with Crippen LogP contribution in [0.25, 0.3) is 16.6 Å². The largest absolute Gasteiger partial charge is 0.357 e. The van der Waals surface area contributed by atoms with Gasteiger partial charge in [-0.3, -0.25) is 15.0 Å². The van der Waals surface area contributed by atoms with E-state index in [0.29, 0.717) is 12.2 Å². The van der Waals surface area contributed by atoms with Crippen LogP contribution >= 0.6 is 0 Å². The number of fused-ring (bicyclic) bond motifs is 3. The van der Waals surface area contributed by atoms with Crippen molar-refractivity contribution < 1.29 is 4.92 Å². The number of para-hydroxylation sites is 3. The van der Waals surface area contributed by atoms with Crippen molar-refractivity contribution in [2.24, 2.45) is 0 Å². The summed E-state index contributed by atoms with van der Waals surface area (Å²) >= 11 is 0. The summed E-state index contributed by atoms with van der Waals surface area (Å²) in [6, 6.07) is 14.9. The van der Waals surface area contributed by atoms with E-state index in [1.54, 1.807) is 24.4 Å². The van der Waals surface area contributed by atoms with E-state index in [9.17, 15) is 10.1 Å². The van der Waals surface area contributed by atoms with Gasteiger partial charge < -0.3 is 4.98 Å². The Morgan fingerprint density at radius 1 is 1.14 bits per heavy atom. The first-order valence-corrected chi connectivity index (χ1v) is 9.15. The molecule has 0 unspecified atom stereocenters. The standard InChI is InChI=1S/C20H18N6O2/c27-26(28)20-8-4-3-7-19(20)25-12-14(22-23-25)11-24-10-9-16-15-5-1-2-6-17(15)21-18(16)13-24/h1-8,12,21H,9-11,13H2. The third-order valence-corrected chi connectivity index (χ3v) is 5.21. The second-order valence-electron chi connectivity index (χ2n) is 6.99. The summed E-state index contributed by atoms with van der Waals surface area (Å²) in [4.78, 5) is 16.7. The number of nitrogens with one attached hydrogen (secondary N) is 1. The minimum absolute atomic E-state index is 0.0136. The summed E-state index contributed by atoms with van der Waals surface area (Å²) in [6.07, 6.45) is 2.75. The molecule has 2 aromatic carbocycles. The van der Waals surface area contributed by atoms with Gasteiger partial charge in [0.15, 0.2) is 0 Å². The minimum atomic E-state index is -0.404. The average Bonchev–Trinajstić information content (AvgIpc) is 3.32. The Balaban J connectivity index is 1.36. The topological polar surface area (TPSA) is 92.9 Å². The van der Waals surface area contributed by atoms with Crippen LogP contribution in [-0.4, -0.2) is 36.3 Å². The molecule has 3 heterocycles. The molecular weight excluding hydrogens is 356 g/mol. The van der Waals surface area contributed by atoms with Crippen molar-refractivity contribution in [3.63, 3.8) is 0 Å². The predicted molar refractivity (Wildman–Crippen MR) is 104 cm³/mol. The van der Waals surface area contributed by atoms with Crippen molar-refractivity contribution >= 4 is 16.6 Å². The molecule has 0 bridgehead atoms. The Morgan fingerprint density at radius 3 is 2.86 bits per heavy atom. The lowest BCUT2D eigenvalue weighted by Crippen LogP contribution is -2.30. The van der Waals surface area contributed by atoms with E-state index in [4.69, 9.17) is 0 Å². The van der Waals surface area contributed by atoms with Crippen LogP contribution in [0.2, 0.25) is 0 Å². The first-order chi connectivity index (χ1) is 13.7. The van der Waals surface area contributed by atoms with Crippen molar-refractivity contribution in [1.29, 1.82) is 0 Å². The van der Waals surface area contributed by atoms with Crippen LogP contribution in [0, 0.1) is 10.1 Å². The van der Waals surface area contributed by atoms with E-state index >= 15 is 0 Å². The number of H-pyrrole nitrogens is 1. The van der Waals surface area contributed by atoms with E-state index in [1.165, 1.54) is 32.9 Å². The van der Waals surface area contributed by atoms with Gasteiger partial charge in [-0.15, -0.1) is 5.10 Å². The second-order valence-corrected chi connectivity index (χ2v) is 6.99. The third-order valence-electron chi connectivity index (χ3n) is 5.21. The van der Waals surface area contributed by atoms with Crippen LogP contribution in [0.3, 0.4) is 0 Å². The monoisotopic (exact) mass is 374 g/mol. The van der Waals surface area contributed by atoms with Crippen molar-refractivity contribution in [3.05, 3.63) is 81.8 Å². The Kier molecular flexibility index (Phi) is 3.91. The molecule has 1 N–H and O–H groups in total. The fraction of sp³-hybridized carbons (Fsp3) is 0.200. The molecule has 0 spiro atoms. The number of aromatic nitrogens is 4. The van der Waals surface area contributed by atoms with E-state index in [0.717, 1.165) is 25.2 Å².